The van der Waals surface area contributed by atoms with E-state index in [4.69, 9.17) is 23.2 Å². The highest BCUT2D eigenvalue weighted by Gasteiger charge is 2.72. The van der Waals surface area contributed by atoms with E-state index in [0.29, 0.717) is 38.0 Å². The highest BCUT2D eigenvalue weighted by atomic mass is 35.5. The summed E-state index contributed by atoms with van der Waals surface area (Å²) in [6, 6.07) is 27.5. The monoisotopic (exact) mass is 524 g/mol. The number of hydrogen-bond donors (Lipinski definition) is 1. The first-order valence-electron chi connectivity index (χ1n) is 11.1. The average molecular weight is 525 g/mol. The number of carbonyl (C=O) groups excluding carboxylic acids is 1. The second-order valence-corrected chi connectivity index (χ2v) is 9.68. The van der Waals surface area contributed by atoms with E-state index in [0.717, 1.165) is 4.90 Å². The molecule has 0 saturated carbocycles. The van der Waals surface area contributed by atoms with E-state index in [1.807, 2.05) is 30.3 Å². The van der Waals surface area contributed by atoms with E-state index in [1.165, 1.54) is 12.1 Å². The average Bonchev–Trinajstić information content (AvgIpc) is 3.30. The van der Waals surface area contributed by atoms with Crippen LogP contribution >= 0.6 is 23.2 Å². The largest absolute Gasteiger partial charge is 0.471 e. The molecule has 0 unspecified atom stereocenters. The lowest BCUT2D eigenvalue weighted by molar-refractivity contribution is -0.171. The third-order valence-corrected chi connectivity index (χ3v) is 7.49. The molecule has 1 amide bonds. The van der Waals surface area contributed by atoms with Crippen molar-refractivity contribution in [3.8, 4) is 0 Å². The number of benzene rings is 4. The molecule has 3 nitrogen and oxygen atoms in total. The summed E-state index contributed by atoms with van der Waals surface area (Å²) in [6.07, 6.45) is -5.15. The number of nitrogens with one attached hydrogen (secondary N) is 1. The third kappa shape index (κ3) is 2.85. The second kappa shape index (κ2) is 7.76. The highest BCUT2D eigenvalue weighted by Crippen LogP contribution is 2.68. The van der Waals surface area contributed by atoms with Crippen LogP contribution in [0.4, 0.5) is 24.5 Å². The van der Waals surface area contributed by atoms with Gasteiger partial charge in [-0.1, -0.05) is 83.9 Å². The number of halogens is 5. The van der Waals surface area contributed by atoms with Crippen LogP contribution < -0.4 is 10.2 Å². The Hall–Kier alpha value is -3.48. The van der Waals surface area contributed by atoms with Gasteiger partial charge in [-0.05, 0) is 47.5 Å². The molecule has 2 heterocycles. The van der Waals surface area contributed by atoms with Gasteiger partial charge in [0.25, 0.3) is 0 Å². The lowest BCUT2D eigenvalue weighted by Gasteiger charge is -2.46. The van der Waals surface area contributed by atoms with Crippen molar-refractivity contribution in [3.63, 3.8) is 0 Å². The van der Waals surface area contributed by atoms with Crippen molar-refractivity contribution in [1.82, 2.24) is 0 Å². The lowest BCUT2D eigenvalue weighted by Crippen LogP contribution is -2.60. The molecule has 2 atom stereocenters. The maximum Gasteiger partial charge on any atom is 0.471 e. The van der Waals surface area contributed by atoms with E-state index in [2.05, 4.69) is 5.32 Å². The summed E-state index contributed by atoms with van der Waals surface area (Å²) >= 11 is 12.9. The van der Waals surface area contributed by atoms with Crippen LogP contribution in [-0.2, 0) is 15.9 Å². The van der Waals surface area contributed by atoms with Crippen molar-refractivity contribution in [2.45, 2.75) is 17.3 Å². The van der Waals surface area contributed by atoms with Crippen LogP contribution in [-0.4, -0.2) is 12.1 Å². The summed E-state index contributed by atoms with van der Waals surface area (Å²) in [5, 5.41) is 4.21. The van der Waals surface area contributed by atoms with E-state index in [1.54, 1.807) is 54.6 Å². The van der Waals surface area contributed by atoms with E-state index < -0.39 is 23.2 Å². The van der Waals surface area contributed by atoms with Gasteiger partial charge >= 0.3 is 12.1 Å². The van der Waals surface area contributed by atoms with Gasteiger partial charge in [-0.15, -0.1) is 0 Å². The molecule has 0 spiro atoms. The molecule has 180 valence electrons. The molecule has 0 aromatic heterocycles. The number of anilines is 2. The van der Waals surface area contributed by atoms with Gasteiger partial charge in [0.1, 0.15) is 11.1 Å². The van der Waals surface area contributed by atoms with E-state index in [-0.39, 0.29) is 5.69 Å². The van der Waals surface area contributed by atoms with E-state index in [9.17, 15) is 18.0 Å². The quantitative estimate of drug-likeness (QED) is 0.294. The van der Waals surface area contributed by atoms with Crippen LogP contribution in [0.1, 0.15) is 22.3 Å². The van der Waals surface area contributed by atoms with Crippen LogP contribution in [0.3, 0.4) is 0 Å². The normalized spacial score (nSPS) is 22.0. The fraction of sp³-hybridized carbons (Fsp3) is 0.107. The predicted molar refractivity (Wildman–Crippen MR) is 135 cm³/mol. The molecule has 0 saturated heterocycles. The van der Waals surface area contributed by atoms with Crippen molar-refractivity contribution in [3.05, 3.63) is 129 Å². The summed E-state index contributed by atoms with van der Waals surface area (Å²) < 4.78 is 43.0. The highest BCUT2D eigenvalue weighted by molar-refractivity contribution is 6.31. The molecular formula is C28H17Cl2F3N2O. The molecule has 4 aromatic carbocycles. The topological polar surface area (TPSA) is 32.3 Å². The predicted octanol–water partition coefficient (Wildman–Crippen LogP) is 7.52. The number of fused-ring (bicyclic) bond motifs is 5. The molecule has 6 rings (SSSR count). The van der Waals surface area contributed by atoms with Gasteiger partial charge in [0.2, 0.25) is 0 Å². The van der Waals surface area contributed by atoms with Crippen molar-refractivity contribution in [2.24, 2.45) is 0 Å². The number of carbonyl (C=O) groups is 1. The molecule has 4 aromatic rings. The van der Waals surface area contributed by atoms with Crippen molar-refractivity contribution in [2.75, 3.05) is 10.2 Å². The molecule has 2 aliphatic heterocycles. The Labute approximate surface area is 215 Å². The molecule has 36 heavy (non-hydrogen) atoms. The fourth-order valence-electron chi connectivity index (χ4n) is 5.85. The maximum absolute atomic E-state index is 14.3. The summed E-state index contributed by atoms with van der Waals surface area (Å²) in [4.78, 5) is 14.3. The molecule has 0 radical (unpaired) electrons. The van der Waals surface area contributed by atoms with Gasteiger partial charge in [-0.2, -0.15) is 13.2 Å². The van der Waals surface area contributed by atoms with Crippen molar-refractivity contribution >= 4 is 40.5 Å². The molecule has 0 bridgehead atoms. The molecule has 1 N–H and O–H groups in total. The van der Waals surface area contributed by atoms with Crippen LogP contribution in [0.15, 0.2) is 97.1 Å². The van der Waals surface area contributed by atoms with Gasteiger partial charge in [-0.3, -0.25) is 9.69 Å². The van der Waals surface area contributed by atoms with Gasteiger partial charge in [0.15, 0.2) is 0 Å². The minimum Gasteiger partial charge on any atom is -0.369 e. The Balaban J connectivity index is 1.86. The lowest BCUT2D eigenvalue weighted by atomic mass is 9.66. The van der Waals surface area contributed by atoms with Crippen molar-refractivity contribution in [1.29, 1.82) is 0 Å². The van der Waals surface area contributed by atoms with Gasteiger partial charge in [0.05, 0.1) is 5.69 Å². The number of alkyl halides is 3. The first kappa shape index (κ1) is 23.0. The Morgan fingerprint density at radius 3 is 1.92 bits per heavy atom. The van der Waals surface area contributed by atoms with Gasteiger partial charge in [-0.25, -0.2) is 0 Å². The van der Waals surface area contributed by atoms with Gasteiger partial charge in [0, 0.05) is 26.9 Å². The zero-order valence-corrected chi connectivity index (χ0v) is 20.0. The number of nitrogens with zero attached hydrogens (tertiary/aromatic N) is 1. The Kier molecular flexibility index (Phi) is 4.95. The molecule has 2 aliphatic rings. The Bertz CT molecular complexity index is 1510. The number of hydrogen-bond acceptors (Lipinski definition) is 2. The van der Waals surface area contributed by atoms with Crippen LogP contribution in [0, 0.1) is 0 Å². The zero-order chi connectivity index (χ0) is 25.3. The van der Waals surface area contributed by atoms with Gasteiger partial charge < -0.3 is 5.32 Å². The molecule has 0 fully saturated rings. The smallest absolute Gasteiger partial charge is 0.369 e. The van der Waals surface area contributed by atoms with Crippen molar-refractivity contribution < 1.29 is 18.0 Å². The van der Waals surface area contributed by atoms with Crippen LogP contribution in [0.25, 0.3) is 0 Å². The fourth-order valence-corrected chi connectivity index (χ4v) is 6.19. The zero-order valence-electron chi connectivity index (χ0n) is 18.5. The molecular weight excluding hydrogens is 508 g/mol. The standard InChI is InChI=1S/C28H17Cl2F3N2O/c29-19-11-13-23-21(15-19)27(18-9-5-2-6-10-18)26(34-23,17-7-3-1-4-8-17)22-16-20(30)12-14-24(22)35(27)25(36)28(31,32)33/h1-16,34H/t26-,27+/m0/s1. The number of amides is 1. The SMILES string of the molecule is O=C(N1c2ccc(Cl)cc2[C@]2(c3ccccc3)Nc3ccc(Cl)cc3[C@@]12c1ccccc1)C(F)(F)F. The third-order valence-electron chi connectivity index (χ3n) is 7.02. The van der Waals surface area contributed by atoms with Crippen LogP contribution in [0.5, 0.6) is 0 Å². The summed E-state index contributed by atoms with van der Waals surface area (Å²) in [7, 11) is 0. The first-order valence-corrected chi connectivity index (χ1v) is 11.9. The molecule has 0 aliphatic carbocycles. The summed E-state index contributed by atoms with van der Waals surface area (Å²) in [5.41, 5.74) is -0.260. The minimum absolute atomic E-state index is 0.118. The van der Waals surface area contributed by atoms with E-state index >= 15 is 0 Å². The Morgan fingerprint density at radius 1 is 0.750 bits per heavy atom. The minimum atomic E-state index is -5.15. The number of rotatable bonds is 2. The maximum atomic E-state index is 14.3. The second-order valence-electron chi connectivity index (χ2n) is 8.81. The molecule has 8 heteroatoms. The Morgan fingerprint density at radius 2 is 1.31 bits per heavy atom. The summed E-state index contributed by atoms with van der Waals surface area (Å²) in [5.74, 6) is -1.98. The van der Waals surface area contributed by atoms with Crippen LogP contribution in [0.2, 0.25) is 10.0 Å². The first-order chi connectivity index (χ1) is 17.2. The summed E-state index contributed by atoms with van der Waals surface area (Å²) in [6.45, 7) is 0.